The van der Waals surface area contributed by atoms with Crippen LogP contribution in [0.5, 0.6) is 0 Å². The summed E-state index contributed by atoms with van der Waals surface area (Å²) < 4.78 is 0. The molecule has 20 heavy (non-hydrogen) atoms. The molecule has 1 aromatic rings. The van der Waals surface area contributed by atoms with Crippen LogP contribution < -0.4 is 10.6 Å². The van der Waals surface area contributed by atoms with Crippen molar-refractivity contribution in [3.8, 4) is 0 Å². The van der Waals surface area contributed by atoms with E-state index in [1.54, 1.807) is 0 Å². The van der Waals surface area contributed by atoms with Crippen LogP contribution in [-0.2, 0) is 4.79 Å². The Labute approximate surface area is 139 Å². The van der Waals surface area contributed by atoms with Crippen LogP contribution in [-0.4, -0.2) is 18.5 Å². The van der Waals surface area contributed by atoms with Gasteiger partial charge in [-0.15, -0.1) is 0 Å². The summed E-state index contributed by atoms with van der Waals surface area (Å²) in [6.07, 6.45) is 0.862. The normalized spacial score (nSPS) is 21.7. The van der Waals surface area contributed by atoms with E-state index < -0.39 is 0 Å². The van der Waals surface area contributed by atoms with Crippen molar-refractivity contribution in [2.24, 2.45) is 5.92 Å². The van der Waals surface area contributed by atoms with Crippen LogP contribution in [0, 0.1) is 5.92 Å². The van der Waals surface area contributed by atoms with E-state index in [0.717, 1.165) is 18.5 Å². The number of halogens is 1. The van der Waals surface area contributed by atoms with Crippen LogP contribution >= 0.6 is 38.6 Å². The van der Waals surface area contributed by atoms with Gasteiger partial charge >= 0.3 is 0 Å². The standard InChI is InChI=1S/C14H19ClN2O.2H2S/c1-9(2)7-12-14(18)17-13(8-16-12)10-5-3-4-6-11(10)15;;/h3-6,9,12-13,16H,7-8H2,1-2H3,(H,17,18);2*1H2/t12-,13+;;/m0../s1. The lowest BCUT2D eigenvalue weighted by Crippen LogP contribution is -2.54. The summed E-state index contributed by atoms with van der Waals surface area (Å²) >= 11 is 6.15. The minimum atomic E-state index is -0.0799. The highest BCUT2D eigenvalue weighted by molar-refractivity contribution is 7.59. The second kappa shape index (κ2) is 8.82. The van der Waals surface area contributed by atoms with E-state index in [-0.39, 0.29) is 45.0 Å². The summed E-state index contributed by atoms with van der Waals surface area (Å²) in [6, 6.07) is 7.53. The number of carbonyl (C=O) groups excluding carboxylic acids is 1. The van der Waals surface area contributed by atoms with Crippen molar-refractivity contribution in [2.75, 3.05) is 6.54 Å². The molecule has 0 spiro atoms. The Morgan fingerprint density at radius 3 is 2.50 bits per heavy atom. The van der Waals surface area contributed by atoms with E-state index in [4.69, 9.17) is 11.6 Å². The maximum atomic E-state index is 12.0. The van der Waals surface area contributed by atoms with Gasteiger partial charge in [0, 0.05) is 11.6 Å². The van der Waals surface area contributed by atoms with Crippen molar-refractivity contribution >= 4 is 44.5 Å². The van der Waals surface area contributed by atoms with Crippen molar-refractivity contribution in [2.45, 2.75) is 32.4 Å². The van der Waals surface area contributed by atoms with Crippen LogP contribution in [0.2, 0.25) is 5.02 Å². The lowest BCUT2D eigenvalue weighted by Gasteiger charge is -2.31. The molecule has 6 heteroatoms. The molecule has 1 saturated heterocycles. The third-order valence-electron chi connectivity index (χ3n) is 3.19. The topological polar surface area (TPSA) is 41.1 Å². The van der Waals surface area contributed by atoms with Gasteiger partial charge in [-0.2, -0.15) is 27.0 Å². The lowest BCUT2D eigenvalue weighted by molar-refractivity contribution is -0.125. The summed E-state index contributed by atoms with van der Waals surface area (Å²) in [5.74, 6) is 0.574. The first-order valence-electron chi connectivity index (χ1n) is 6.36. The molecule has 1 aromatic carbocycles. The summed E-state index contributed by atoms with van der Waals surface area (Å²) in [6.45, 7) is 4.97. The third kappa shape index (κ3) is 4.88. The van der Waals surface area contributed by atoms with Gasteiger partial charge < -0.3 is 10.6 Å². The van der Waals surface area contributed by atoms with E-state index in [1.807, 2.05) is 24.3 Å². The smallest absolute Gasteiger partial charge is 0.237 e. The van der Waals surface area contributed by atoms with Crippen LogP contribution in [0.3, 0.4) is 0 Å². The van der Waals surface area contributed by atoms with Crippen LogP contribution in [0.1, 0.15) is 31.9 Å². The fraction of sp³-hybridized carbons (Fsp3) is 0.500. The monoisotopic (exact) mass is 334 g/mol. The van der Waals surface area contributed by atoms with Gasteiger partial charge in [0.15, 0.2) is 0 Å². The fourth-order valence-electron chi connectivity index (χ4n) is 2.28. The average Bonchev–Trinajstić information content (AvgIpc) is 2.32. The molecule has 0 aromatic heterocycles. The molecule has 0 aliphatic carbocycles. The van der Waals surface area contributed by atoms with Gasteiger partial charge in [0.05, 0.1) is 12.1 Å². The number of carbonyl (C=O) groups is 1. The maximum absolute atomic E-state index is 12.0. The average molecular weight is 335 g/mol. The molecule has 1 heterocycles. The number of rotatable bonds is 3. The molecule has 0 saturated carbocycles. The molecule has 1 fully saturated rings. The van der Waals surface area contributed by atoms with E-state index in [1.165, 1.54) is 0 Å². The molecular formula is C14H23ClN2OS2. The van der Waals surface area contributed by atoms with E-state index in [2.05, 4.69) is 24.5 Å². The largest absolute Gasteiger partial charge is 0.347 e. The van der Waals surface area contributed by atoms with Gasteiger partial charge in [0.2, 0.25) is 5.91 Å². The van der Waals surface area contributed by atoms with Crippen molar-refractivity contribution in [3.05, 3.63) is 34.9 Å². The predicted molar refractivity (Wildman–Crippen MR) is 94.3 cm³/mol. The highest BCUT2D eigenvalue weighted by Crippen LogP contribution is 2.24. The molecule has 0 bridgehead atoms. The Bertz CT molecular complexity index is 443. The highest BCUT2D eigenvalue weighted by atomic mass is 35.5. The Hall–Kier alpha value is -0.360. The molecule has 2 N–H and O–H groups in total. The summed E-state index contributed by atoms with van der Waals surface area (Å²) in [5.41, 5.74) is 0.975. The lowest BCUT2D eigenvalue weighted by atomic mass is 9.98. The van der Waals surface area contributed by atoms with Gasteiger partial charge in [-0.25, -0.2) is 0 Å². The maximum Gasteiger partial charge on any atom is 0.237 e. The molecular weight excluding hydrogens is 312 g/mol. The zero-order chi connectivity index (χ0) is 13.1. The first kappa shape index (κ1) is 19.6. The number of nitrogens with one attached hydrogen (secondary N) is 2. The van der Waals surface area contributed by atoms with Crippen molar-refractivity contribution in [1.29, 1.82) is 0 Å². The van der Waals surface area contributed by atoms with Crippen LogP contribution in [0.4, 0.5) is 0 Å². The second-order valence-corrected chi connectivity index (χ2v) is 5.58. The number of benzene rings is 1. The van der Waals surface area contributed by atoms with Crippen molar-refractivity contribution in [1.82, 2.24) is 10.6 Å². The quantitative estimate of drug-likeness (QED) is 0.892. The molecule has 1 amide bonds. The van der Waals surface area contributed by atoms with E-state index in [0.29, 0.717) is 10.9 Å². The number of amides is 1. The highest BCUT2D eigenvalue weighted by Gasteiger charge is 2.29. The SMILES string of the molecule is CC(C)C[C@@H]1NC[C@H](c2ccccc2Cl)NC1=O.S.S. The zero-order valence-electron chi connectivity index (χ0n) is 11.7. The third-order valence-corrected chi connectivity index (χ3v) is 3.53. The minimum Gasteiger partial charge on any atom is -0.347 e. The van der Waals surface area contributed by atoms with Gasteiger partial charge in [0.25, 0.3) is 0 Å². The second-order valence-electron chi connectivity index (χ2n) is 5.17. The van der Waals surface area contributed by atoms with E-state index in [9.17, 15) is 4.79 Å². The van der Waals surface area contributed by atoms with Gasteiger partial charge in [-0.05, 0) is 24.0 Å². The summed E-state index contributed by atoms with van der Waals surface area (Å²) in [7, 11) is 0. The predicted octanol–water partition coefficient (Wildman–Crippen LogP) is 2.74. The Balaban J connectivity index is 0.00000180. The Morgan fingerprint density at radius 2 is 1.95 bits per heavy atom. The van der Waals surface area contributed by atoms with Gasteiger partial charge in [-0.1, -0.05) is 43.6 Å². The minimum absolute atomic E-state index is 0. The van der Waals surface area contributed by atoms with Crippen LogP contribution in [0.15, 0.2) is 24.3 Å². The van der Waals surface area contributed by atoms with Crippen molar-refractivity contribution < 1.29 is 4.79 Å². The number of hydrogen-bond donors (Lipinski definition) is 2. The molecule has 0 radical (unpaired) electrons. The van der Waals surface area contributed by atoms with E-state index >= 15 is 0 Å². The van der Waals surface area contributed by atoms with Gasteiger partial charge in [0.1, 0.15) is 0 Å². The molecule has 2 rings (SSSR count). The molecule has 3 nitrogen and oxygen atoms in total. The Morgan fingerprint density at radius 1 is 1.30 bits per heavy atom. The summed E-state index contributed by atoms with van der Waals surface area (Å²) in [5, 5.41) is 7.05. The molecule has 2 atom stereocenters. The number of hydrogen-bond acceptors (Lipinski definition) is 2. The Kier molecular flexibility index (Phi) is 8.66. The summed E-state index contributed by atoms with van der Waals surface area (Å²) in [4.78, 5) is 12.0. The van der Waals surface area contributed by atoms with Crippen LogP contribution in [0.25, 0.3) is 0 Å². The van der Waals surface area contributed by atoms with Gasteiger partial charge in [-0.3, -0.25) is 4.79 Å². The first-order valence-corrected chi connectivity index (χ1v) is 6.74. The zero-order valence-corrected chi connectivity index (χ0v) is 14.5. The van der Waals surface area contributed by atoms with Crippen molar-refractivity contribution in [3.63, 3.8) is 0 Å². The molecule has 114 valence electrons. The fourth-order valence-corrected chi connectivity index (χ4v) is 2.55. The number of piperazine rings is 1. The molecule has 1 aliphatic heterocycles. The molecule has 0 unspecified atom stereocenters. The first-order chi connectivity index (χ1) is 8.58. The molecule has 1 aliphatic rings.